The highest BCUT2D eigenvalue weighted by molar-refractivity contribution is 7.98. The highest BCUT2D eigenvalue weighted by Gasteiger charge is 2.12. The molecule has 2 heterocycles. The van der Waals surface area contributed by atoms with E-state index in [-0.39, 0.29) is 5.63 Å². The van der Waals surface area contributed by atoms with Gasteiger partial charge in [-0.25, -0.2) is 4.79 Å². The van der Waals surface area contributed by atoms with Gasteiger partial charge in [0.2, 0.25) is 0 Å². The first-order valence-electron chi connectivity index (χ1n) is 7.67. The third-order valence-electron chi connectivity index (χ3n) is 4.01. The van der Waals surface area contributed by atoms with E-state index in [1.165, 1.54) is 5.56 Å². The van der Waals surface area contributed by atoms with Gasteiger partial charge >= 0.3 is 5.63 Å². The van der Waals surface area contributed by atoms with Crippen LogP contribution in [0.25, 0.3) is 11.0 Å². The Morgan fingerprint density at radius 3 is 2.71 bits per heavy atom. The van der Waals surface area contributed by atoms with Crippen LogP contribution in [0.15, 0.2) is 45.2 Å². The smallest absolute Gasteiger partial charge is 0.336 e. The third kappa shape index (κ3) is 3.14. The monoisotopic (exact) mass is 341 g/mol. The molecule has 124 valence electrons. The Morgan fingerprint density at radius 2 is 1.96 bits per heavy atom. The zero-order valence-corrected chi connectivity index (χ0v) is 14.8. The van der Waals surface area contributed by atoms with Crippen LogP contribution in [0.4, 0.5) is 0 Å². The Kier molecular flexibility index (Phi) is 4.57. The van der Waals surface area contributed by atoms with E-state index in [2.05, 4.69) is 29.8 Å². The van der Waals surface area contributed by atoms with Gasteiger partial charge in [-0.3, -0.25) is 0 Å². The minimum absolute atomic E-state index is 0.329. The fourth-order valence-corrected chi connectivity index (χ4v) is 3.54. The van der Waals surface area contributed by atoms with Gasteiger partial charge in [0, 0.05) is 23.8 Å². The molecule has 0 radical (unpaired) electrons. The number of hydrogen-bond donors (Lipinski definition) is 0. The van der Waals surface area contributed by atoms with E-state index < -0.39 is 0 Å². The quantitative estimate of drug-likeness (QED) is 0.401. The van der Waals surface area contributed by atoms with Gasteiger partial charge in [-0.2, -0.15) is 0 Å². The molecule has 0 saturated heterocycles. The molecule has 5 nitrogen and oxygen atoms in total. The van der Waals surface area contributed by atoms with Gasteiger partial charge in [0.05, 0.1) is 0 Å². The Bertz CT molecular complexity index is 972. The van der Waals surface area contributed by atoms with Crippen molar-refractivity contribution in [3.63, 3.8) is 0 Å². The van der Waals surface area contributed by atoms with Gasteiger partial charge in [0.1, 0.15) is 11.4 Å². The summed E-state index contributed by atoms with van der Waals surface area (Å²) in [5.41, 5.74) is 3.53. The minimum atomic E-state index is -0.329. The molecule has 0 aliphatic heterocycles. The normalized spacial score (nSPS) is 11.1. The third-order valence-corrected chi connectivity index (χ3v) is 5.03. The van der Waals surface area contributed by atoms with Crippen LogP contribution in [0.3, 0.4) is 0 Å². The Morgan fingerprint density at radius 1 is 1.21 bits per heavy atom. The highest BCUT2D eigenvalue weighted by Crippen LogP contribution is 2.27. The number of rotatable bonds is 5. The summed E-state index contributed by atoms with van der Waals surface area (Å²) in [5.74, 6) is 1.47. The predicted molar refractivity (Wildman–Crippen MR) is 96.5 cm³/mol. The molecule has 0 atom stereocenters. The van der Waals surface area contributed by atoms with Gasteiger partial charge in [0.25, 0.3) is 0 Å². The topological polar surface area (TPSA) is 60.9 Å². The van der Waals surface area contributed by atoms with Crippen LogP contribution in [0.1, 0.15) is 22.5 Å². The summed E-state index contributed by atoms with van der Waals surface area (Å²) in [5, 5.41) is 10.1. The first kappa shape index (κ1) is 16.5. The maximum absolute atomic E-state index is 11.9. The zero-order valence-electron chi connectivity index (χ0n) is 14.0. The largest absolute Gasteiger partial charge is 0.423 e. The van der Waals surface area contributed by atoms with Crippen molar-refractivity contribution in [2.45, 2.75) is 38.2 Å². The molecule has 0 aliphatic rings. The van der Waals surface area contributed by atoms with Crippen LogP contribution in [0.5, 0.6) is 0 Å². The van der Waals surface area contributed by atoms with Crippen LogP contribution in [0, 0.1) is 20.8 Å². The number of aryl methyl sites for hydroxylation is 3. The van der Waals surface area contributed by atoms with Crippen molar-refractivity contribution in [1.29, 1.82) is 0 Å². The van der Waals surface area contributed by atoms with Crippen molar-refractivity contribution >= 4 is 22.7 Å². The molecule has 6 heteroatoms. The van der Waals surface area contributed by atoms with Crippen molar-refractivity contribution < 1.29 is 4.42 Å². The maximum atomic E-state index is 11.9. The number of fused-ring (bicyclic) bond motifs is 1. The van der Waals surface area contributed by atoms with E-state index in [0.29, 0.717) is 17.9 Å². The lowest BCUT2D eigenvalue weighted by Crippen LogP contribution is -2.02. The van der Waals surface area contributed by atoms with Crippen molar-refractivity contribution in [2.24, 2.45) is 0 Å². The molecule has 0 aliphatic carbocycles. The van der Waals surface area contributed by atoms with Gasteiger partial charge in [-0.1, -0.05) is 17.8 Å². The summed E-state index contributed by atoms with van der Waals surface area (Å²) in [6, 6.07) is 5.55. The van der Waals surface area contributed by atoms with Crippen molar-refractivity contribution in [1.82, 2.24) is 14.8 Å². The first-order chi connectivity index (χ1) is 11.5. The molecule has 1 aromatic carbocycles. The predicted octanol–water partition coefficient (Wildman–Crippen LogP) is 3.79. The minimum Gasteiger partial charge on any atom is -0.423 e. The lowest BCUT2D eigenvalue weighted by Gasteiger charge is -2.09. The molecule has 0 bridgehead atoms. The number of thioether (sulfide) groups is 1. The second-order valence-electron chi connectivity index (χ2n) is 5.74. The van der Waals surface area contributed by atoms with E-state index >= 15 is 0 Å². The number of hydrogen-bond acceptors (Lipinski definition) is 5. The summed E-state index contributed by atoms with van der Waals surface area (Å²) in [6.07, 6.45) is 1.82. The molecular weight excluding hydrogens is 322 g/mol. The van der Waals surface area contributed by atoms with E-state index in [9.17, 15) is 4.79 Å². The lowest BCUT2D eigenvalue weighted by atomic mass is 10.0. The summed E-state index contributed by atoms with van der Waals surface area (Å²) in [7, 11) is 0. The van der Waals surface area contributed by atoms with Crippen molar-refractivity contribution in [3.8, 4) is 0 Å². The molecule has 24 heavy (non-hydrogen) atoms. The van der Waals surface area contributed by atoms with Gasteiger partial charge < -0.3 is 8.98 Å². The van der Waals surface area contributed by atoms with E-state index in [4.69, 9.17) is 4.42 Å². The zero-order chi connectivity index (χ0) is 17.3. The van der Waals surface area contributed by atoms with Crippen LogP contribution in [-0.4, -0.2) is 14.8 Å². The summed E-state index contributed by atoms with van der Waals surface area (Å²) in [4.78, 5) is 11.9. The fraction of sp³-hybridized carbons (Fsp3) is 0.278. The fourth-order valence-electron chi connectivity index (χ4n) is 2.55. The van der Waals surface area contributed by atoms with Gasteiger partial charge in [0.15, 0.2) is 5.16 Å². The van der Waals surface area contributed by atoms with E-state index in [1.54, 1.807) is 17.8 Å². The van der Waals surface area contributed by atoms with Crippen molar-refractivity contribution in [2.75, 3.05) is 0 Å². The number of aromatic nitrogens is 3. The first-order valence-corrected chi connectivity index (χ1v) is 8.65. The van der Waals surface area contributed by atoms with Gasteiger partial charge in [-0.15, -0.1) is 16.8 Å². The number of nitrogens with zero attached hydrogens (tertiary/aromatic N) is 3. The number of benzene rings is 1. The molecule has 0 N–H and O–H groups in total. The molecule has 0 amide bonds. The standard InChI is InChI=1S/C18H19N3O2S/c1-5-6-21-13(4)19-20-18(21)24-10-14-9-17(22)23-16-8-12(3)11(2)7-15(14)16/h5,7-9H,1,6,10H2,2-4H3. The van der Waals surface area contributed by atoms with Crippen molar-refractivity contribution in [3.05, 3.63) is 63.8 Å². The molecule has 0 saturated carbocycles. The van der Waals surface area contributed by atoms with E-state index in [0.717, 1.165) is 27.5 Å². The summed E-state index contributed by atoms with van der Waals surface area (Å²) in [6.45, 7) is 10.4. The van der Waals surface area contributed by atoms with Crippen LogP contribution >= 0.6 is 11.8 Å². The average Bonchev–Trinajstić information content (AvgIpc) is 2.88. The lowest BCUT2D eigenvalue weighted by molar-refractivity contribution is 0.559. The highest BCUT2D eigenvalue weighted by atomic mass is 32.2. The second kappa shape index (κ2) is 6.65. The molecule has 3 aromatic rings. The summed E-state index contributed by atoms with van der Waals surface area (Å²) >= 11 is 1.56. The molecule has 0 spiro atoms. The van der Waals surface area contributed by atoms with Crippen LogP contribution in [-0.2, 0) is 12.3 Å². The Labute approximate surface area is 144 Å². The average molecular weight is 341 g/mol. The van der Waals surface area contributed by atoms with Crippen LogP contribution < -0.4 is 5.63 Å². The Balaban J connectivity index is 1.97. The molecular formula is C18H19N3O2S. The van der Waals surface area contributed by atoms with Crippen LogP contribution in [0.2, 0.25) is 0 Å². The summed E-state index contributed by atoms with van der Waals surface area (Å²) < 4.78 is 7.35. The molecule has 2 aromatic heterocycles. The SMILES string of the molecule is C=CCn1c(C)nnc1SCc1cc(=O)oc2cc(C)c(C)cc12. The Hall–Kier alpha value is -2.34. The molecule has 3 rings (SSSR count). The van der Waals surface area contributed by atoms with E-state index in [1.807, 2.05) is 30.6 Å². The maximum Gasteiger partial charge on any atom is 0.336 e. The van der Waals surface area contributed by atoms with Gasteiger partial charge in [-0.05, 0) is 49.6 Å². The second-order valence-corrected chi connectivity index (χ2v) is 6.68. The molecule has 0 unspecified atom stereocenters. The molecule has 0 fully saturated rings. The number of allylic oxidation sites excluding steroid dienone is 1.